The fourth-order valence-corrected chi connectivity index (χ4v) is 8.26. The number of halogens is 6. The number of alkyl halides is 6. The minimum atomic E-state index is -4.85. The number of hydrogen-bond acceptors (Lipinski definition) is 8. The summed E-state index contributed by atoms with van der Waals surface area (Å²) in [6.45, 7) is 1.16. The van der Waals surface area contributed by atoms with Gasteiger partial charge in [-0.1, -0.05) is 47.4 Å². The molecule has 3 aromatic carbocycles. The maximum absolute atomic E-state index is 14.0. The second-order valence-corrected chi connectivity index (χ2v) is 13.0. The summed E-state index contributed by atoms with van der Waals surface area (Å²) < 4.78 is 92.3. The molecule has 0 radical (unpaired) electrons. The van der Waals surface area contributed by atoms with Gasteiger partial charge >= 0.3 is 17.2 Å². The van der Waals surface area contributed by atoms with Crippen LogP contribution in [0.15, 0.2) is 76.6 Å². The lowest BCUT2D eigenvalue weighted by molar-refractivity contribution is -0.138. The van der Waals surface area contributed by atoms with Crippen LogP contribution in [0.4, 0.5) is 37.7 Å². The Labute approximate surface area is 281 Å². The number of fused-ring (bicyclic) bond motifs is 2. The zero-order chi connectivity index (χ0) is 35.2. The summed E-state index contributed by atoms with van der Waals surface area (Å²) in [5, 5.41) is 1.47. The van der Waals surface area contributed by atoms with Crippen molar-refractivity contribution in [3.63, 3.8) is 0 Å². The number of benzene rings is 3. The molecule has 9 nitrogen and oxygen atoms in total. The van der Waals surface area contributed by atoms with Gasteiger partial charge in [0.05, 0.1) is 34.4 Å². The van der Waals surface area contributed by atoms with Gasteiger partial charge < -0.3 is 19.8 Å². The number of aromatic amines is 1. The van der Waals surface area contributed by atoms with Gasteiger partial charge in [0.1, 0.15) is 5.25 Å². The third kappa shape index (κ3) is 6.64. The van der Waals surface area contributed by atoms with E-state index >= 15 is 0 Å². The minimum absolute atomic E-state index is 0.0589. The number of amides is 3. The average Bonchev–Trinajstić information content (AvgIpc) is 3.53. The molecule has 3 amide bonds. The Hall–Kier alpha value is -4.77. The van der Waals surface area contributed by atoms with Crippen LogP contribution < -0.4 is 24.6 Å². The lowest BCUT2D eigenvalue weighted by Crippen LogP contribution is -2.33. The molecule has 0 spiro atoms. The maximum atomic E-state index is 14.0. The summed E-state index contributed by atoms with van der Waals surface area (Å²) in [6.07, 6.45) is -9.46. The summed E-state index contributed by atoms with van der Waals surface area (Å²) in [7, 11) is 0. The van der Waals surface area contributed by atoms with Crippen molar-refractivity contribution in [2.75, 3.05) is 23.4 Å². The zero-order valence-electron chi connectivity index (χ0n) is 25.0. The Kier molecular flexibility index (Phi) is 9.00. The number of anilines is 2. The highest BCUT2D eigenvalue weighted by Gasteiger charge is 2.57. The molecular formula is C32H23F6N3O6S2. The van der Waals surface area contributed by atoms with Crippen LogP contribution in [0.5, 0.6) is 11.5 Å². The fourth-order valence-electron chi connectivity index (χ4n) is 5.74. The lowest BCUT2D eigenvalue weighted by Gasteiger charge is -2.30. The van der Waals surface area contributed by atoms with Crippen molar-refractivity contribution in [1.29, 1.82) is 0 Å². The summed E-state index contributed by atoms with van der Waals surface area (Å²) in [6, 6.07) is 12.7. The van der Waals surface area contributed by atoms with E-state index in [1.165, 1.54) is 30.3 Å². The van der Waals surface area contributed by atoms with E-state index in [-0.39, 0.29) is 23.8 Å². The van der Waals surface area contributed by atoms with Gasteiger partial charge in [-0.15, -0.1) is 0 Å². The standard InChI is InChI=1S/C32H23F6N3O6S2/c1-2-46-21-12-15(10-11-20(21)47-14-22(42)39-17-7-5-6-16(13-17)31(33,34)35)23-24-26(48-27-25(23)49-30(45)40-27)29(44)41(28(24)43)19-9-4-3-8-18(19)32(36,37)38/h3-13,23-24,26H,2,14H2,1H3,(H,39,42)(H,40,45)/t23-,24-,26+/m0/s1. The number of ether oxygens (including phenoxy) is 2. The van der Waals surface area contributed by atoms with Crippen molar-refractivity contribution in [3.05, 3.63) is 98.0 Å². The van der Waals surface area contributed by atoms with Gasteiger partial charge in [-0.05, 0) is 55.0 Å². The molecule has 2 N–H and O–H groups in total. The molecule has 256 valence electrons. The van der Waals surface area contributed by atoms with Crippen LogP contribution >= 0.6 is 23.1 Å². The number of hydrogen-bond donors (Lipinski definition) is 2. The van der Waals surface area contributed by atoms with E-state index in [0.717, 1.165) is 59.5 Å². The van der Waals surface area contributed by atoms with Crippen LogP contribution in [0.1, 0.15) is 34.4 Å². The third-order valence-corrected chi connectivity index (χ3v) is 10.1. The van der Waals surface area contributed by atoms with Gasteiger partial charge in [-0.2, -0.15) is 26.3 Å². The number of nitrogens with zero attached hydrogens (tertiary/aromatic N) is 1. The van der Waals surface area contributed by atoms with Crippen molar-refractivity contribution in [2.45, 2.75) is 35.5 Å². The van der Waals surface area contributed by atoms with Crippen molar-refractivity contribution < 1.29 is 50.2 Å². The number of thiazole rings is 1. The Morgan fingerprint density at radius 1 is 0.898 bits per heavy atom. The molecule has 17 heteroatoms. The van der Waals surface area contributed by atoms with Gasteiger partial charge in [0.2, 0.25) is 11.8 Å². The molecule has 2 aliphatic rings. The fraction of sp³-hybridized carbons (Fsp3) is 0.250. The van der Waals surface area contributed by atoms with E-state index < -0.39 is 75.5 Å². The number of nitrogens with one attached hydrogen (secondary N) is 2. The predicted octanol–water partition coefficient (Wildman–Crippen LogP) is 6.69. The van der Waals surface area contributed by atoms with Gasteiger partial charge in [-0.3, -0.25) is 19.2 Å². The highest BCUT2D eigenvalue weighted by Crippen LogP contribution is 2.54. The normalized spacial score (nSPS) is 19.0. The number of carbonyl (C=O) groups is 3. The molecule has 49 heavy (non-hydrogen) atoms. The van der Waals surface area contributed by atoms with Crippen molar-refractivity contribution in [2.24, 2.45) is 5.92 Å². The molecule has 0 unspecified atom stereocenters. The summed E-state index contributed by atoms with van der Waals surface area (Å²) >= 11 is 1.70. The molecule has 1 aromatic heterocycles. The van der Waals surface area contributed by atoms with Gasteiger partial charge in [0, 0.05) is 16.5 Å². The minimum Gasteiger partial charge on any atom is -0.490 e. The summed E-state index contributed by atoms with van der Waals surface area (Å²) in [5.41, 5.74) is -2.43. The van der Waals surface area contributed by atoms with Crippen LogP contribution in [-0.2, 0) is 26.7 Å². The first kappa shape index (κ1) is 34.1. The average molecular weight is 724 g/mol. The van der Waals surface area contributed by atoms with E-state index in [4.69, 9.17) is 9.47 Å². The number of thioether (sulfide) groups is 1. The summed E-state index contributed by atoms with van der Waals surface area (Å²) in [4.78, 5) is 55.8. The molecule has 3 heterocycles. The monoisotopic (exact) mass is 723 g/mol. The molecule has 0 saturated carbocycles. The molecule has 3 atom stereocenters. The molecule has 2 aliphatic heterocycles. The number of imide groups is 1. The smallest absolute Gasteiger partial charge is 0.418 e. The van der Waals surface area contributed by atoms with E-state index in [1.54, 1.807) is 6.92 Å². The Balaban J connectivity index is 1.31. The topological polar surface area (TPSA) is 118 Å². The molecule has 0 aliphatic carbocycles. The number of H-pyrrole nitrogens is 1. The lowest BCUT2D eigenvalue weighted by atomic mass is 9.83. The largest absolute Gasteiger partial charge is 0.490 e. The third-order valence-electron chi connectivity index (χ3n) is 7.73. The zero-order valence-corrected chi connectivity index (χ0v) is 26.6. The van der Waals surface area contributed by atoms with Crippen molar-refractivity contribution >= 4 is 52.2 Å². The summed E-state index contributed by atoms with van der Waals surface area (Å²) in [5.74, 6) is -4.50. The second-order valence-electron chi connectivity index (χ2n) is 10.8. The van der Waals surface area contributed by atoms with Gasteiger partial charge in [0.15, 0.2) is 18.1 Å². The van der Waals surface area contributed by atoms with E-state index in [9.17, 15) is 45.5 Å². The first-order chi connectivity index (χ1) is 23.2. The molecule has 4 aromatic rings. The SMILES string of the molecule is CCOc1cc([C@@H]2c3sc(=O)[nH]c3S[C@H]3C(=O)N(c4ccccc4C(F)(F)F)C(=O)[C@@H]23)ccc1OCC(=O)Nc1cccc(C(F)(F)F)c1. The van der Waals surface area contributed by atoms with Gasteiger partial charge in [-0.25, -0.2) is 4.90 Å². The Bertz CT molecular complexity index is 2010. The van der Waals surface area contributed by atoms with Gasteiger partial charge in [0.25, 0.3) is 5.91 Å². The molecule has 1 fully saturated rings. The molecule has 0 bridgehead atoms. The molecular weight excluding hydrogens is 700 g/mol. The quantitative estimate of drug-likeness (QED) is 0.154. The molecule has 1 saturated heterocycles. The van der Waals surface area contributed by atoms with E-state index in [2.05, 4.69) is 10.3 Å². The predicted molar refractivity (Wildman–Crippen MR) is 167 cm³/mol. The van der Waals surface area contributed by atoms with E-state index in [1.807, 2.05) is 0 Å². The first-order valence-electron chi connectivity index (χ1n) is 14.5. The van der Waals surface area contributed by atoms with Crippen molar-refractivity contribution in [3.8, 4) is 11.5 Å². The number of aromatic nitrogens is 1. The number of rotatable bonds is 8. The molecule has 6 rings (SSSR count). The number of para-hydroxylation sites is 1. The highest BCUT2D eigenvalue weighted by molar-refractivity contribution is 8.00. The van der Waals surface area contributed by atoms with E-state index in [0.29, 0.717) is 20.4 Å². The van der Waals surface area contributed by atoms with Crippen LogP contribution in [0.2, 0.25) is 0 Å². The highest BCUT2D eigenvalue weighted by atomic mass is 32.2. The van der Waals surface area contributed by atoms with Crippen molar-refractivity contribution in [1.82, 2.24) is 4.98 Å². The Morgan fingerprint density at radius 3 is 2.37 bits per heavy atom. The van der Waals surface area contributed by atoms with Crippen LogP contribution in [0.3, 0.4) is 0 Å². The Morgan fingerprint density at radius 2 is 1.65 bits per heavy atom. The maximum Gasteiger partial charge on any atom is 0.418 e. The van der Waals surface area contributed by atoms with Crippen LogP contribution in [-0.4, -0.2) is 41.2 Å². The second kappa shape index (κ2) is 12.9. The van der Waals surface area contributed by atoms with Crippen LogP contribution in [0, 0.1) is 5.92 Å². The first-order valence-corrected chi connectivity index (χ1v) is 16.2. The number of carbonyl (C=O) groups excluding carboxylic acids is 3. The van der Waals surface area contributed by atoms with Crippen LogP contribution in [0.25, 0.3) is 0 Å².